The van der Waals surface area contributed by atoms with Crippen LogP contribution in [0.15, 0.2) is 0 Å². The minimum Gasteiger partial charge on any atom is -0.379 e. The highest BCUT2D eigenvalue weighted by molar-refractivity contribution is 4.54. The first-order valence-electron chi connectivity index (χ1n) is 5.49. The van der Waals surface area contributed by atoms with E-state index in [0.29, 0.717) is 13.2 Å². The second kappa shape index (κ2) is 9.15. The summed E-state index contributed by atoms with van der Waals surface area (Å²) in [5, 5.41) is 9.11. The Balaban J connectivity index is 3.54. The first kappa shape index (κ1) is 16.1. The van der Waals surface area contributed by atoms with Gasteiger partial charge in [0.1, 0.15) is 6.61 Å². The predicted molar refractivity (Wildman–Crippen MR) is 60.2 cm³/mol. The molecule has 0 radical (unpaired) electrons. The maximum atomic E-state index is 9.94. The van der Waals surface area contributed by atoms with Gasteiger partial charge in [0.15, 0.2) is 0 Å². The highest BCUT2D eigenvalue weighted by Crippen LogP contribution is 1.99. The first-order valence-corrected chi connectivity index (χ1v) is 5.49. The van der Waals surface area contributed by atoms with Crippen LogP contribution in [-0.4, -0.2) is 50.3 Å². The Hall–Kier alpha value is -0.920. The van der Waals surface area contributed by atoms with E-state index in [-0.39, 0.29) is 24.9 Å². The highest BCUT2D eigenvalue weighted by atomic mass is 17.0. The van der Waals surface area contributed by atoms with Gasteiger partial charge in [0.2, 0.25) is 0 Å². The van der Waals surface area contributed by atoms with Crippen molar-refractivity contribution in [2.75, 3.05) is 26.9 Å². The molecule has 7 heteroatoms. The van der Waals surface area contributed by atoms with Crippen molar-refractivity contribution in [3.05, 3.63) is 10.1 Å². The molecule has 0 saturated carbocycles. The lowest BCUT2D eigenvalue weighted by Crippen LogP contribution is -2.26. The summed E-state index contributed by atoms with van der Waals surface area (Å²) >= 11 is 0. The molecular weight excluding hydrogens is 230 g/mol. The maximum absolute atomic E-state index is 9.94. The minimum atomic E-state index is -0.833. The first-order chi connectivity index (χ1) is 7.95. The van der Waals surface area contributed by atoms with Gasteiger partial charge in [-0.1, -0.05) is 0 Å². The normalized spacial score (nSPS) is 16.2. The molecule has 0 aliphatic carbocycles. The molecule has 0 N–H and O–H groups in total. The van der Waals surface area contributed by atoms with Gasteiger partial charge < -0.3 is 19.0 Å². The third-order valence-corrected chi connectivity index (χ3v) is 2.05. The number of methoxy groups -OCH3 is 1. The fourth-order valence-electron chi connectivity index (χ4n) is 0.930. The molecular formula is C10H21NO6. The number of hydrogen-bond donors (Lipinski definition) is 0. The Morgan fingerprint density at radius 2 is 1.47 bits per heavy atom. The van der Waals surface area contributed by atoms with Crippen molar-refractivity contribution in [2.24, 2.45) is 0 Å². The van der Waals surface area contributed by atoms with Crippen LogP contribution < -0.4 is 0 Å². The van der Waals surface area contributed by atoms with Crippen molar-refractivity contribution in [2.45, 2.75) is 39.1 Å². The van der Waals surface area contributed by atoms with Crippen molar-refractivity contribution in [1.82, 2.24) is 0 Å². The van der Waals surface area contributed by atoms with E-state index in [1.165, 1.54) is 0 Å². The van der Waals surface area contributed by atoms with Crippen LogP contribution in [0, 0.1) is 10.1 Å². The van der Waals surface area contributed by atoms with Crippen LogP contribution in [-0.2, 0) is 19.0 Å². The lowest BCUT2D eigenvalue weighted by molar-refractivity contribution is -0.759. The summed E-state index contributed by atoms with van der Waals surface area (Å²) in [6.45, 7) is 6.24. The second-order valence-electron chi connectivity index (χ2n) is 3.85. The zero-order valence-electron chi connectivity index (χ0n) is 10.8. The van der Waals surface area contributed by atoms with Crippen molar-refractivity contribution in [1.29, 1.82) is 0 Å². The van der Waals surface area contributed by atoms with Gasteiger partial charge in [-0.3, -0.25) is 0 Å². The summed E-state index contributed by atoms with van der Waals surface area (Å²) < 4.78 is 15.8. The summed E-state index contributed by atoms with van der Waals surface area (Å²) in [5.41, 5.74) is 0. The van der Waals surface area contributed by atoms with Crippen LogP contribution in [0.2, 0.25) is 0 Å². The van der Waals surface area contributed by atoms with Crippen LogP contribution in [0.1, 0.15) is 20.8 Å². The highest BCUT2D eigenvalue weighted by Gasteiger charge is 2.10. The molecule has 0 aromatic heterocycles. The van der Waals surface area contributed by atoms with Crippen LogP contribution in [0.25, 0.3) is 0 Å². The average Bonchev–Trinajstić information content (AvgIpc) is 2.30. The lowest BCUT2D eigenvalue weighted by Gasteiger charge is -2.18. The molecule has 0 rings (SSSR count). The molecule has 0 amide bonds. The number of rotatable bonds is 10. The zero-order valence-corrected chi connectivity index (χ0v) is 10.8. The standard InChI is InChI=1S/C10H21NO6/c1-8(14-4)5-15-9(2)6-16-10(3)7-17-11(12)13/h8-10H,5-7H2,1-4H3. The molecule has 0 aliphatic heterocycles. The smallest absolute Gasteiger partial charge is 0.294 e. The molecule has 0 aliphatic rings. The summed E-state index contributed by atoms with van der Waals surface area (Å²) in [7, 11) is 1.62. The summed E-state index contributed by atoms with van der Waals surface area (Å²) in [4.78, 5) is 14.1. The summed E-state index contributed by atoms with van der Waals surface area (Å²) in [5.74, 6) is 0. The van der Waals surface area contributed by atoms with Gasteiger partial charge in [-0.05, 0) is 20.8 Å². The number of hydrogen-bond acceptors (Lipinski definition) is 6. The van der Waals surface area contributed by atoms with E-state index in [4.69, 9.17) is 14.2 Å². The van der Waals surface area contributed by atoms with E-state index in [1.807, 2.05) is 13.8 Å². The average molecular weight is 251 g/mol. The van der Waals surface area contributed by atoms with Crippen molar-refractivity contribution >= 4 is 0 Å². The zero-order chi connectivity index (χ0) is 13.3. The fraction of sp³-hybridized carbons (Fsp3) is 1.00. The van der Waals surface area contributed by atoms with Gasteiger partial charge in [0.25, 0.3) is 5.09 Å². The third-order valence-electron chi connectivity index (χ3n) is 2.05. The van der Waals surface area contributed by atoms with Gasteiger partial charge in [-0.15, -0.1) is 10.1 Å². The van der Waals surface area contributed by atoms with Crippen molar-refractivity contribution in [3.63, 3.8) is 0 Å². The molecule has 0 bridgehead atoms. The SMILES string of the molecule is COC(C)COC(C)COC(C)CO[N+](=O)[O-]. The largest absolute Gasteiger partial charge is 0.379 e. The van der Waals surface area contributed by atoms with Gasteiger partial charge >= 0.3 is 0 Å². The molecule has 0 heterocycles. The number of ether oxygens (including phenoxy) is 3. The number of nitrogens with zero attached hydrogens (tertiary/aromatic N) is 1. The molecule has 17 heavy (non-hydrogen) atoms. The molecule has 7 nitrogen and oxygen atoms in total. The molecule has 0 spiro atoms. The van der Waals surface area contributed by atoms with Gasteiger partial charge in [0, 0.05) is 7.11 Å². The summed E-state index contributed by atoms with van der Waals surface area (Å²) in [6.07, 6.45) is -0.398. The predicted octanol–water partition coefficient (Wildman–Crippen LogP) is 1.04. The van der Waals surface area contributed by atoms with Crippen LogP contribution >= 0.6 is 0 Å². The lowest BCUT2D eigenvalue weighted by atomic mass is 10.4. The molecule has 3 atom stereocenters. The van der Waals surface area contributed by atoms with E-state index in [1.54, 1.807) is 14.0 Å². The molecule has 0 aromatic carbocycles. The molecule has 102 valence electrons. The Morgan fingerprint density at radius 1 is 1.00 bits per heavy atom. The van der Waals surface area contributed by atoms with E-state index in [0.717, 1.165) is 0 Å². The van der Waals surface area contributed by atoms with Gasteiger partial charge in [-0.25, -0.2) is 0 Å². The molecule has 3 unspecified atom stereocenters. The Morgan fingerprint density at radius 3 is 1.94 bits per heavy atom. The topological polar surface area (TPSA) is 80.1 Å². The molecule has 0 saturated heterocycles. The van der Waals surface area contributed by atoms with Crippen LogP contribution in [0.4, 0.5) is 0 Å². The monoisotopic (exact) mass is 251 g/mol. The van der Waals surface area contributed by atoms with E-state index < -0.39 is 5.09 Å². The Labute approximate surface area is 101 Å². The summed E-state index contributed by atoms with van der Waals surface area (Å²) in [6, 6.07) is 0. The van der Waals surface area contributed by atoms with E-state index in [9.17, 15) is 10.1 Å². The van der Waals surface area contributed by atoms with Crippen molar-refractivity contribution < 1.29 is 24.1 Å². The van der Waals surface area contributed by atoms with Crippen molar-refractivity contribution in [3.8, 4) is 0 Å². The quantitative estimate of drug-likeness (QED) is 0.426. The molecule has 0 aromatic rings. The Bertz CT molecular complexity index is 213. The van der Waals surface area contributed by atoms with E-state index in [2.05, 4.69) is 4.84 Å². The van der Waals surface area contributed by atoms with E-state index >= 15 is 0 Å². The van der Waals surface area contributed by atoms with Gasteiger partial charge in [0.05, 0.1) is 31.5 Å². The fourth-order valence-corrected chi connectivity index (χ4v) is 0.930. The van der Waals surface area contributed by atoms with Crippen LogP contribution in [0.3, 0.4) is 0 Å². The minimum absolute atomic E-state index is 0.0349. The third kappa shape index (κ3) is 9.98. The molecule has 0 fully saturated rings. The Kier molecular flexibility index (Phi) is 8.65. The van der Waals surface area contributed by atoms with Crippen LogP contribution in [0.5, 0.6) is 0 Å². The van der Waals surface area contributed by atoms with Gasteiger partial charge in [-0.2, -0.15) is 0 Å². The second-order valence-corrected chi connectivity index (χ2v) is 3.85. The maximum Gasteiger partial charge on any atom is 0.294 e.